The Bertz CT molecular complexity index is 1430. The Morgan fingerprint density at radius 1 is 0.944 bits per heavy atom. The summed E-state index contributed by atoms with van der Waals surface area (Å²) in [6.45, 7) is 0.972. The molecule has 0 aliphatic carbocycles. The van der Waals surface area contributed by atoms with Gasteiger partial charge in [-0.25, -0.2) is 8.42 Å². The Kier molecular flexibility index (Phi) is 8.24. The zero-order valence-corrected chi connectivity index (χ0v) is 20.9. The molecule has 4 rings (SSSR count). The molecule has 0 atom stereocenters. The van der Waals surface area contributed by atoms with Crippen molar-refractivity contribution >= 4 is 49.8 Å². The molecule has 186 valence electrons. The summed E-state index contributed by atoms with van der Waals surface area (Å²) >= 11 is 6.03. The molecule has 4 aromatic rings. The van der Waals surface area contributed by atoms with Crippen molar-refractivity contribution < 1.29 is 17.9 Å². The molecule has 0 unspecified atom stereocenters. The predicted octanol–water partition coefficient (Wildman–Crippen LogP) is 4.69. The number of para-hydroxylation sites is 1. The van der Waals surface area contributed by atoms with Gasteiger partial charge in [-0.15, -0.1) is 0 Å². The molecule has 3 aromatic carbocycles. The third kappa shape index (κ3) is 6.87. The standard InChI is InChI=1S/C26H25ClN4O4S/c27-19-7-12-23-24(13-16-29-25(23)17-19)28-14-4-15-30-26(32)18-35-21-8-10-22(11-9-21)36(33,34)31-20-5-2-1-3-6-20/h1-3,5-13,16-17,31H,4,14-15,18H2,(H,28,29)(H,30,32). The molecule has 0 saturated carbocycles. The van der Waals surface area contributed by atoms with E-state index in [4.69, 9.17) is 16.3 Å². The van der Waals surface area contributed by atoms with Crippen molar-refractivity contribution in [3.8, 4) is 5.75 Å². The van der Waals surface area contributed by atoms with Gasteiger partial charge in [0.05, 0.1) is 10.4 Å². The monoisotopic (exact) mass is 524 g/mol. The quantitative estimate of drug-likeness (QED) is 0.246. The Labute approximate surface area is 214 Å². The number of anilines is 2. The summed E-state index contributed by atoms with van der Waals surface area (Å²) in [5, 5.41) is 7.78. The van der Waals surface area contributed by atoms with Crippen LogP contribution in [0.4, 0.5) is 11.4 Å². The highest BCUT2D eigenvalue weighted by Gasteiger charge is 2.14. The van der Waals surface area contributed by atoms with Gasteiger partial charge in [-0.05, 0) is 67.1 Å². The highest BCUT2D eigenvalue weighted by atomic mass is 35.5. The highest BCUT2D eigenvalue weighted by molar-refractivity contribution is 7.92. The fourth-order valence-corrected chi connectivity index (χ4v) is 4.67. The summed E-state index contributed by atoms with van der Waals surface area (Å²) in [6.07, 6.45) is 2.44. The summed E-state index contributed by atoms with van der Waals surface area (Å²) in [7, 11) is -3.71. The lowest BCUT2D eigenvalue weighted by Crippen LogP contribution is -2.30. The second-order valence-electron chi connectivity index (χ2n) is 7.88. The maximum atomic E-state index is 12.5. The van der Waals surface area contributed by atoms with Gasteiger partial charge in [0.2, 0.25) is 0 Å². The van der Waals surface area contributed by atoms with E-state index < -0.39 is 10.0 Å². The molecule has 0 aliphatic rings. The van der Waals surface area contributed by atoms with Crippen LogP contribution in [0.5, 0.6) is 5.75 Å². The molecule has 0 spiro atoms. The molecule has 36 heavy (non-hydrogen) atoms. The van der Waals surface area contributed by atoms with Gasteiger partial charge in [-0.1, -0.05) is 29.8 Å². The number of nitrogens with one attached hydrogen (secondary N) is 3. The van der Waals surface area contributed by atoms with Gasteiger partial charge in [0, 0.05) is 41.1 Å². The summed E-state index contributed by atoms with van der Waals surface area (Å²) < 4.78 is 33.0. The van der Waals surface area contributed by atoms with Crippen molar-refractivity contribution in [1.29, 1.82) is 0 Å². The van der Waals surface area contributed by atoms with Gasteiger partial charge >= 0.3 is 0 Å². The Hall–Kier alpha value is -3.82. The van der Waals surface area contributed by atoms with Crippen LogP contribution in [0.2, 0.25) is 5.02 Å². The van der Waals surface area contributed by atoms with Crippen molar-refractivity contribution in [3.63, 3.8) is 0 Å². The van der Waals surface area contributed by atoms with Crippen LogP contribution in [0.1, 0.15) is 6.42 Å². The van der Waals surface area contributed by atoms with Gasteiger partial charge in [0.15, 0.2) is 6.61 Å². The average Bonchev–Trinajstić information content (AvgIpc) is 2.87. The highest BCUT2D eigenvalue weighted by Crippen LogP contribution is 2.24. The number of rotatable bonds is 11. The van der Waals surface area contributed by atoms with Crippen molar-refractivity contribution in [1.82, 2.24) is 10.3 Å². The topological polar surface area (TPSA) is 109 Å². The number of pyridine rings is 1. The number of halogens is 1. The Morgan fingerprint density at radius 2 is 1.72 bits per heavy atom. The van der Waals surface area contributed by atoms with Crippen LogP contribution in [0.25, 0.3) is 10.9 Å². The molecule has 0 saturated heterocycles. The minimum absolute atomic E-state index is 0.0979. The zero-order chi connectivity index (χ0) is 25.4. The van der Waals surface area contributed by atoms with E-state index in [9.17, 15) is 13.2 Å². The van der Waals surface area contributed by atoms with E-state index in [-0.39, 0.29) is 17.4 Å². The first-order valence-electron chi connectivity index (χ1n) is 11.3. The molecule has 1 heterocycles. The predicted molar refractivity (Wildman–Crippen MR) is 142 cm³/mol. The smallest absolute Gasteiger partial charge is 0.261 e. The van der Waals surface area contributed by atoms with Gasteiger partial charge < -0.3 is 15.4 Å². The summed E-state index contributed by atoms with van der Waals surface area (Å²) in [5.41, 5.74) is 2.25. The number of carbonyl (C=O) groups excluding carboxylic acids is 1. The van der Waals surface area contributed by atoms with Crippen LogP contribution >= 0.6 is 11.6 Å². The molecule has 1 amide bonds. The second kappa shape index (κ2) is 11.7. The number of fused-ring (bicyclic) bond motifs is 1. The number of hydrogen-bond donors (Lipinski definition) is 3. The average molecular weight is 525 g/mol. The van der Waals surface area contributed by atoms with Gasteiger partial charge in [0.25, 0.3) is 15.9 Å². The van der Waals surface area contributed by atoms with Crippen molar-refractivity contribution in [2.75, 3.05) is 29.7 Å². The molecule has 0 radical (unpaired) electrons. The minimum atomic E-state index is -3.71. The van der Waals surface area contributed by atoms with Crippen molar-refractivity contribution in [2.45, 2.75) is 11.3 Å². The molecule has 0 fully saturated rings. The third-order valence-corrected chi connectivity index (χ3v) is 6.86. The lowest BCUT2D eigenvalue weighted by Gasteiger charge is -2.11. The fraction of sp³-hybridized carbons (Fsp3) is 0.154. The van der Waals surface area contributed by atoms with E-state index in [2.05, 4.69) is 20.3 Å². The first-order valence-corrected chi connectivity index (χ1v) is 13.1. The van der Waals surface area contributed by atoms with Crippen LogP contribution in [0, 0.1) is 0 Å². The molecular weight excluding hydrogens is 500 g/mol. The van der Waals surface area contributed by atoms with Crippen molar-refractivity contribution in [3.05, 3.63) is 90.1 Å². The SMILES string of the molecule is O=C(COc1ccc(S(=O)(=O)Nc2ccccc2)cc1)NCCCNc1ccnc2cc(Cl)ccc12. The van der Waals surface area contributed by atoms with E-state index in [1.807, 2.05) is 24.3 Å². The van der Waals surface area contributed by atoms with E-state index in [1.54, 1.807) is 36.5 Å². The maximum absolute atomic E-state index is 12.5. The van der Waals surface area contributed by atoms with Crippen LogP contribution < -0.4 is 20.1 Å². The van der Waals surface area contributed by atoms with Gasteiger partial charge in [-0.3, -0.25) is 14.5 Å². The summed E-state index contributed by atoms with van der Waals surface area (Å²) in [6, 6.07) is 22.0. The van der Waals surface area contributed by atoms with Crippen LogP contribution in [0.15, 0.2) is 90.0 Å². The Balaban J connectivity index is 1.18. The molecule has 1 aromatic heterocycles. The number of aromatic nitrogens is 1. The Morgan fingerprint density at radius 3 is 2.50 bits per heavy atom. The number of nitrogens with zero attached hydrogens (tertiary/aromatic N) is 1. The normalized spacial score (nSPS) is 11.1. The fourth-order valence-electron chi connectivity index (χ4n) is 3.45. The lowest BCUT2D eigenvalue weighted by molar-refractivity contribution is -0.123. The summed E-state index contributed by atoms with van der Waals surface area (Å²) in [5.74, 6) is 0.136. The van der Waals surface area contributed by atoms with Crippen LogP contribution in [-0.4, -0.2) is 39.0 Å². The van der Waals surface area contributed by atoms with E-state index >= 15 is 0 Å². The van der Waals surface area contributed by atoms with Crippen LogP contribution in [0.3, 0.4) is 0 Å². The van der Waals surface area contributed by atoms with Gasteiger partial charge in [-0.2, -0.15) is 0 Å². The molecule has 8 nitrogen and oxygen atoms in total. The minimum Gasteiger partial charge on any atom is -0.484 e. The van der Waals surface area contributed by atoms with E-state index in [0.717, 1.165) is 16.6 Å². The van der Waals surface area contributed by atoms with E-state index in [1.165, 1.54) is 24.3 Å². The first kappa shape index (κ1) is 25.3. The van der Waals surface area contributed by atoms with Crippen LogP contribution in [-0.2, 0) is 14.8 Å². The van der Waals surface area contributed by atoms with Crippen molar-refractivity contribution in [2.24, 2.45) is 0 Å². The zero-order valence-electron chi connectivity index (χ0n) is 19.3. The molecule has 3 N–H and O–H groups in total. The van der Waals surface area contributed by atoms with E-state index in [0.29, 0.717) is 36.0 Å². The number of carbonyl (C=O) groups is 1. The molecule has 10 heteroatoms. The third-order valence-electron chi connectivity index (χ3n) is 5.23. The number of benzene rings is 3. The largest absolute Gasteiger partial charge is 0.484 e. The number of hydrogen-bond acceptors (Lipinski definition) is 6. The number of ether oxygens (including phenoxy) is 1. The number of sulfonamides is 1. The molecular formula is C26H25ClN4O4S. The van der Waals surface area contributed by atoms with Gasteiger partial charge in [0.1, 0.15) is 5.75 Å². The molecule has 0 bridgehead atoms. The lowest BCUT2D eigenvalue weighted by atomic mass is 10.2. The molecule has 0 aliphatic heterocycles. The maximum Gasteiger partial charge on any atom is 0.261 e. The first-order chi connectivity index (χ1) is 17.4. The number of amides is 1. The second-order valence-corrected chi connectivity index (χ2v) is 10.0. The summed E-state index contributed by atoms with van der Waals surface area (Å²) in [4.78, 5) is 16.5.